The van der Waals surface area contributed by atoms with E-state index in [4.69, 9.17) is 9.47 Å². The number of nitrogens with one attached hydrogen (secondary N) is 1. The molecule has 6 heteroatoms. The van der Waals surface area contributed by atoms with Crippen LogP contribution in [0.5, 0.6) is 0 Å². The van der Waals surface area contributed by atoms with Gasteiger partial charge in [-0.1, -0.05) is 49.6 Å². The molecule has 1 aliphatic heterocycles. The van der Waals surface area contributed by atoms with Gasteiger partial charge in [-0.25, -0.2) is 0 Å². The van der Waals surface area contributed by atoms with E-state index in [9.17, 15) is 0 Å². The summed E-state index contributed by atoms with van der Waals surface area (Å²) in [5.41, 5.74) is 1.24. The molecule has 3 rings (SSSR count). The van der Waals surface area contributed by atoms with E-state index in [2.05, 4.69) is 39.5 Å². The highest BCUT2D eigenvalue weighted by molar-refractivity contribution is 14.0. The Labute approximate surface area is 193 Å². The normalized spacial score (nSPS) is 20.5. The monoisotopic (exact) mass is 515 g/mol. The molecule has 1 aromatic carbocycles. The number of rotatable bonds is 9. The van der Waals surface area contributed by atoms with E-state index in [1.54, 1.807) is 0 Å². The lowest BCUT2D eigenvalue weighted by atomic mass is 9.98. The molecule has 1 aliphatic carbocycles. The van der Waals surface area contributed by atoms with Crippen molar-refractivity contribution in [1.82, 2.24) is 10.2 Å². The second kappa shape index (κ2) is 14.2. The Kier molecular flexibility index (Phi) is 12.0. The van der Waals surface area contributed by atoms with Gasteiger partial charge in [-0.3, -0.25) is 4.99 Å². The largest absolute Gasteiger partial charge is 0.378 e. The van der Waals surface area contributed by atoms with Crippen molar-refractivity contribution in [3.63, 3.8) is 0 Å². The first-order valence-electron chi connectivity index (χ1n) is 11.0. The number of guanidine groups is 1. The molecule has 164 valence electrons. The Morgan fingerprint density at radius 2 is 1.93 bits per heavy atom. The Bertz CT molecular complexity index is 579. The van der Waals surface area contributed by atoms with Crippen LogP contribution in [0.3, 0.4) is 0 Å². The highest BCUT2D eigenvalue weighted by Gasteiger charge is 2.24. The molecule has 1 atom stereocenters. The third-order valence-electron chi connectivity index (χ3n) is 5.77. The van der Waals surface area contributed by atoms with Gasteiger partial charge in [-0.05, 0) is 31.2 Å². The fraction of sp³-hybridized carbons (Fsp3) is 0.696. The fourth-order valence-electron chi connectivity index (χ4n) is 4.17. The average molecular weight is 515 g/mol. The van der Waals surface area contributed by atoms with Gasteiger partial charge in [0.05, 0.1) is 19.3 Å². The van der Waals surface area contributed by atoms with Gasteiger partial charge >= 0.3 is 0 Å². The van der Waals surface area contributed by atoms with Gasteiger partial charge in [-0.2, -0.15) is 0 Å². The molecule has 0 bridgehead atoms. The van der Waals surface area contributed by atoms with E-state index in [1.807, 2.05) is 13.1 Å². The van der Waals surface area contributed by atoms with Crippen molar-refractivity contribution >= 4 is 29.9 Å². The van der Waals surface area contributed by atoms with Crippen LogP contribution < -0.4 is 5.32 Å². The van der Waals surface area contributed by atoms with Crippen LogP contribution in [0.1, 0.15) is 50.5 Å². The fourth-order valence-corrected chi connectivity index (χ4v) is 4.17. The molecule has 0 aromatic heterocycles. The molecule has 1 heterocycles. The van der Waals surface area contributed by atoms with Gasteiger partial charge in [0.25, 0.3) is 0 Å². The molecule has 0 spiro atoms. The maximum absolute atomic E-state index is 6.01. The zero-order valence-corrected chi connectivity index (χ0v) is 20.2. The number of hydrogen-bond acceptors (Lipinski definition) is 3. The van der Waals surface area contributed by atoms with E-state index < -0.39 is 0 Å². The quantitative estimate of drug-likeness (QED) is 0.228. The number of hydrogen-bond donors (Lipinski definition) is 1. The molecule has 0 radical (unpaired) electrons. The van der Waals surface area contributed by atoms with Crippen molar-refractivity contribution < 1.29 is 9.47 Å². The molecule has 1 aromatic rings. The second-order valence-corrected chi connectivity index (χ2v) is 8.06. The molecule has 1 N–H and O–H groups in total. The van der Waals surface area contributed by atoms with Gasteiger partial charge in [0.1, 0.15) is 0 Å². The van der Waals surface area contributed by atoms with Crippen LogP contribution in [0.15, 0.2) is 35.3 Å². The van der Waals surface area contributed by atoms with Crippen molar-refractivity contribution in [1.29, 1.82) is 0 Å². The van der Waals surface area contributed by atoms with Crippen LogP contribution in [0.4, 0.5) is 0 Å². The lowest BCUT2D eigenvalue weighted by Gasteiger charge is -2.23. The summed E-state index contributed by atoms with van der Waals surface area (Å²) in [5, 5.41) is 3.51. The number of halogens is 1. The maximum atomic E-state index is 6.01. The van der Waals surface area contributed by atoms with Crippen LogP contribution in [0.2, 0.25) is 0 Å². The SMILES string of the molecule is CN=C(NCCCOC1CCCCC1)N1CCC(COCc2ccccc2)C1.I. The topological polar surface area (TPSA) is 46.1 Å². The first-order valence-corrected chi connectivity index (χ1v) is 11.0. The number of nitrogens with zero attached hydrogens (tertiary/aromatic N) is 2. The van der Waals surface area contributed by atoms with Crippen molar-refractivity contribution in [3.8, 4) is 0 Å². The molecular weight excluding hydrogens is 477 g/mol. The van der Waals surface area contributed by atoms with Gasteiger partial charge < -0.3 is 19.7 Å². The molecule has 0 amide bonds. The zero-order chi connectivity index (χ0) is 19.4. The Balaban J connectivity index is 0.00000300. The third kappa shape index (κ3) is 8.80. The van der Waals surface area contributed by atoms with E-state index in [0.29, 0.717) is 18.6 Å². The van der Waals surface area contributed by atoms with E-state index in [0.717, 1.165) is 45.2 Å². The summed E-state index contributed by atoms with van der Waals surface area (Å²) < 4.78 is 11.9. The first-order chi connectivity index (χ1) is 13.8. The number of aliphatic imine (C=N–C) groups is 1. The van der Waals surface area contributed by atoms with Crippen molar-refractivity contribution in [2.45, 2.75) is 57.7 Å². The van der Waals surface area contributed by atoms with E-state index >= 15 is 0 Å². The average Bonchev–Trinajstić information content (AvgIpc) is 3.21. The lowest BCUT2D eigenvalue weighted by molar-refractivity contribution is 0.0276. The van der Waals surface area contributed by atoms with Crippen LogP contribution in [0, 0.1) is 5.92 Å². The summed E-state index contributed by atoms with van der Waals surface area (Å²) >= 11 is 0. The standard InChI is InChI=1S/C23H37N3O2.HI/c1-24-23(25-14-8-16-28-22-11-6-3-7-12-22)26-15-13-21(17-26)19-27-18-20-9-4-2-5-10-20;/h2,4-5,9-10,21-22H,3,6-8,11-19H2,1H3,(H,24,25);1H. The summed E-state index contributed by atoms with van der Waals surface area (Å²) in [4.78, 5) is 6.83. The van der Waals surface area contributed by atoms with Crippen molar-refractivity contribution in [3.05, 3.63) is 35.9 Å². The lowest BCUT2D eigenvalue weighted by Crippen LogP contribution is -2.40. The molecular formula is C23H38IN3O2. The number of benzene rings is 1. The highest BCUT2D eigenvalue weighted by Crippen LogP contribution is 2.20. The molecule has 1 saturated carbocycles. The summed E-state index contributed by atoms with van der Waals surface area (Å²) in [6.07, 6.45) is 9.25. The maximum Gasteiger partial charge on any atom is 0.193 e. The zero-order valence-electron chi connectivity index (χ0n) is 17.9. The minimum absolute atomic E-state index is 0. The number of ether oxygens (including phenoxy) is 2. The predicted molar refractivity (Wildman–Crippen MR) is 130 cm³/mol. The minimum Gasteiger partial charge on any atom is -0.378 e. The Morgan fingerprint density at radius 1 is 1.14 bits per heavy atom. The second-order valence-electron chi connectivity index (χ2n) is 8.06. The highest BCUT2D eigenvalue weighted by atomic mass is 127. The van der Waals surface area contributed by atoms with Gasteiger partial charge in [0, 0.05) is 39.2 Å². The third-order valence-corrected chi connectivity index (χ3v) is 5.77. The number of likely N-dealkylation sites (tertiary alicyclic amines) is 1. The predicted octanol–water partition coefficient (Wildman–Crippen LogP) is 4.46. The smallest absolute Gasteiger partial charge is 0.193 e. The molecule has 1 saturated heterocycles. The molecule has 2 fully saturated rings. The van der Waals surface area contributed by atoms with Gasteiger partial charge in [0.2, 0.25) is 0 Å². The molecule has 1 unspecified atom stereocenters. The van der Waals surface area contributed by atoms with Crippen molar-refractivity contribution in [2.75, 3.05) is 39.9 Å². The Morgan fingerprint density at radius 3 is 2.69 bits per heavy atom. The van der Waals surface area contributed by atoms with Crippen LogP contribution >= 0.6 is 24.0 Å². The minimum atomic E-state index is 0. The summed E-state index contributed by atoms with van der Waals surface area (Å²) in [5.74, 6) is 1.60. The summed E-state index contributed by atoms with van der Waals surface area (Å²) in [7, 11) is 1.88. The van der Waals surface area contributed by atoms with E-state index in [1.165, 1.54) is 44.1 Å². The van der Waals surface area contributed by atoms with Crippen LogP contribution in [0.25, 0.3) is 0 Å². The molecule has 29 heavy (non-hydrogen) atoms. The summed E-state index contributed by atoms with van der Waals surface area (Å²) in [6.45, 7) is 5.36. The van der Waals surface area contributed by atoms with Gasteiger partial charge in [-0.15, -0.1) is 24.0 Å². The van der Waals surface area contributed by atoms with E-state index in [-0.39, 0.29) is 24.0 Å². The van der Waals surface area contributed by atoms with Crippen LogP contribution in [-0.4, -0.2) is 56.9 Å². The summed E-state index contributed by atoms with van der Waals surface area (Å²) in [6, 6.07) is 10.4. The molecule has 5 nitrogen and oxygen atoms in total. The molecule has 2 aliphatic rings. The van der Waals surface area contributed by atoms with Crippen LogP contribution in [-0.2, 0) is 16.1 Å². The van der Waals surface area contributed by atoms with Crippen molar-refractivity contribution in [2.24, 2.45) is 10.9 Å². The first kappa shape index (κ1) is 24.4. The van der Waals surface area contributed by atoms with Gasteiger partial charge in [0.15, 0.2) is 5.96 Å². The Hall–Kier alpha value is -0.860.